The second-order valence-electron chi connectivity index (χ2n) is 7.89. The van der Waals surface area contributed by atoms with Crippen molar-refractivity contribution in [1.29, 1.82) is 0 Å². The smallest absolute Gasteiger partial charge is 0.253 e. The second-order valence-corrected chi connectivity index (χ2v) is 7.89. The van der Waals surface area contributed by atoms with Crippen LogP contribution in [-0.4, -0.2) is 53.1 Å². The van der Waals surface area contributed by atoms with E-state index >= 15 is 0 Å². The van der Waals surface area contributed by atoms with Crippen LogP contribution in [0.15, 0.2) is 47.0 Å². The maximum absolute atomic E-state index is 13.0. The number of allylic oxidation sites excluding steroid dienone is 1. The van der Waals surface area contributed by atoms with Crippen molar-refractivity contribution in [2.45, 2.75) is 45.3 Å². The van der Waals surface area contributed by atoms with Gasteiger partial charge >= 0.3 is 0 Å². The average molecular weight is 396 g/mol. The molecule has 1 aliphatic heterocycles. The van der Waals surface area contributed by atoms with Crippen LogP contribution in [-0.2, 0) is 6.54 Å². The molecule has 1 unspecified atom stereocenters. The average Bonchev–Trinajstić information content (AvgIpc) is 3.01. The van der Waals surface area contributed by atoms with E-state index in [4.69, 9.17) is 9.26 Å². The number of carbonyl (C=O) groups excluding carboxylic acids is 1. The first-order valence-electron chi connectivity index (χ1n) is 10.5. The first kappa shape index (κ1) is 19.7. The van der Waals surface area contributed by atoms with Gasteiger partial charge in [-0.1, -0.05) is 11.2 Å². The lowest BCUT2D eigenvalue weighted by molar-refractivity contribution is 0.0761. The molecule has 1 aromatic heterocycles. The molecule has 0 bridgehead atoms. The summed E-state index contributed by atoms with van der Waals surface area (Å²) in [4.78, 5) is 17.2. The zero-order chi connectivity index (χ0) is 20.1. The summed E-state index contributed by atoms with van der Waals surface area (Å²) in [5.74, 6) is 1.75. The summed E-state index contributed by atoms with van der Waals surface area (Å²) < 4.78 is 11.2. The monoisotopic (exact) mass is 395 g/mol. The highest BCUT2D eigenvalue weighted by Crippen LogP contribution is 2.20. The summed E-state index contributed by atoms with van der Waals surface area (Å²) in [6.45, 7) is 5.96. The molecule has 1 aromatic carbocycles. The molecule has 29 heavy (non-hydrogen) atoms. The number of nitrogens with zero attached hydrogens (tertiary/aromatic N) is 3. The van der Waals surface area contributed by atoms with Gasteiger partial charge in [-0.15, -0.1) is 0 Å². The molecule has 4 rings (SSSR count). The molecule has 0 spiro atoms. The van der Waals surface area contributed by atoms with E-state index in [1.807, 2.05) is 42.2 Å². The quantitative estimate of drug-likeness (QED) is 0.721. The molecule has 6 heteroatoms. The number of ether oxygens (including phenoxy) is 1. The number of hydrogen-bond acceptors (Lipinski definition) is 5. The first-order valence-corrected chi connectivity index (χ1v) is 10.5. The lowest BCUT2D eigenvalue weighted by Gasteiger charge is -2.22. The lowest BCUT2D eigenvalue weighted by atomic mass is 10.1. The molecule has 1 fully saturated rings. The number of rotatable bonds is 5. The van der Waals surface area contributed by atoms with Gasteiger partial charge in [0, 0.05) is 44.4 Å². The van der Waals surface area contributed by atoms with Crippen molar-refractivity contribution in [3.63, 3.8) is 0 Å². The molecule has 1 aliphatic carbocycles. The minimum atomic E-state index is 0.0910. The summed E-state index contributed by atoms with van der Waals surface area (Å²) in [6, 6.07) is 9.55. The largest absolute Gasteiger partial charge is 0.486 e. The Morgan fingerprint density at radius 3 is 2.76 bits per heavy atom. The van der Waals surface area contributed by atoms with Gasteiger partial charge in [-0.3, -0.25) is 9.69 Å². The predicted octanol–water partition coefficient (Wildman–Crippen LogP) is 3.82. The zero-order valence-electron chi connectivity index (χ0n) is 17.0. The highest BCUT2D eigenvalue weighted by Gasteiger charge is 2.21. The third-order valence-corrected chi connectivity index (χ3v) is 5.54. The standard InChI is InChI=1S/C23H29N3O3/c1-18-16-20(24-29-18)17-25-12-5-13-26(15-14-25)23(27)19-8-10-22(11-9-19)28-21-6-3-2-4-7-21/h3,6,8-11,16,21H,2,4-5,7,12-15,17H2,1H3. The molecule has 2 aromatic rings. The highest BCUT2D eigenvalue weighted by atomic mass is 16.5. The molecule has 0 saturated carbocycles. The Labute approximate surface area is 172 Å². The van der Waals surface area contributed by atoms with Crippen molar-refractivity contribution >= 4 is 5.91 Å². The van der Waals surface area contributed by atoms with Gasteiger partial charge in [0.05, 0.1) is 5.69 Å². The number of carbonyl (C=O) groups is 1. The van der Waals surface area contributed by atoms with Crippen LogP contribution in [0.5, 0.6) is 5.75 Å². The van der Waals surface area contributed by atoms with Gasteiger partial charge in [0.1, 0.15) is 17.6 Å². The summed E-state index contributed by atoms with van der Waals surface area (Å²) in [7, 11) is 0. The van der Waals surface area contributed by atoms with Crippen LogP contribution >= 0.6 is 0 Å². The molecule has 154 valence electrons. The maximum Gasteiger partial charge on any atom is 0.253 e. The Balaban J connectivity index is 1.31. The third-order valence-electron chi connectivity index (χ3n) is 5.54. The van der Waals surface area contributed by atoms with Crippen molar-refractivity contribution in [3.05, 3.63) is 59.5 Å². The minimum Gasteiger partial charge on any atom is -0.486 e. The van der Waals surface area contributed by atoms with Crippen LogP contribution in [0.1, 0.15) is 47.5 Å². The number of aromatic nitrogens is 1. The fourth-order valence-corrected chi connectivity index (χ4v) is 3.97. The summed E-state index contributed by atoms with van der Waals surface area (Å²) in [5, 5.41) is 4.08. The van der Waals surface area contributed by atoms with Gasteiger partial charge in [0.25, 0.3) is 5.91 Å². The molecule has 0 radical (unpaired) electrons. The maximum atomic E-state index is 13.0. The molecular weight excluding hydrogens is 366 g/mol. The van der Waals surface area contributed by atoms with Gasteiger partial charge in [-0.25, -0.2) is 0 Å². The fraction of sp³-hybridized carbons (Fsp3) is 0.478. The summed E-state index contributed by atoms with van der Waals surface area (Å²) in [5.41, 5.74) is 1.67. The molecule has 0 N–H and O–H groups in total. The van der Waals surface area contributed by atoms with Gasteiger partial charge in [-0.2, -0.15) is 0 Å². The molecule has 1 atom stereocenters. The topological polar surface area (TPSA) is 58.8 Å². The van der Waals surface area contributed by atoms with E-state index in [1.54, 1.807) is 0 Å². The van der Waals surface area contributed by atoms with E-state index in [0.29, 0.717) is 0 Å². The molecule has 6 nitrogen and oxygen atoms in total. The van der Waals surface area contributed by atoms with Gasteiger partial charge < -0.3 is 14.2 Å². The van der Waals surface area contributed by atoms with Crippen molar-refractivity contribution in [1.82, 2.24) is 15.0 Å². The predicted molar refractivity (Wildman–Crippen MR) is 111 cm³/mol. The minimum absolute atomic E-state index is 0.0910. The molecule has 2 heterocycles. The van der Waals surface area contributed by atoms with E-state index in [2.05, 4.69) is 22.2 Å². The Kier molecular flexibility index (Phi) is 6.30. The Morgan fingerprint density at radius 2 is 2.03 bits per heavy atom. The number of aryl methyl sites for hydroxylation is 1. The van der Waals surface area contributed by atoms with Gasteiger partial charge in [0.15, 0.2) is 0 Å². The van der Waals surface area contributed by atoms with E-state index in [9.17, 15) is 4.79 Å². The zero-order valence-corrected chi connectivity index (χ0v) is 17.0. The van der Waals surface area contributed by atoms with Crippen LogP contribution in [0.3, 0.4) is 0 Å². The Morgan fingerprint density at radius 1 is 1.17 bits per heavy atom. The first-order chi connectivity index (χ1) is 14.2. The van der Waals surface area contributed by atoms with Crippen molar-refractivity contribution in [3.8, 4) is 5.75 Å². The van der Waals surface area contributed by atoms with E-state index < -0.39 is 0 Å². The van der Waals surface area contributed by atoms with Gasteiger partial charge in [0.2, 0.25) is 0 Å². The number of amides is 1. The van der Waals surface area contributed by atoms with E-state index in [-0.39, 0.29) is 12.0 Å². The molecule has 1 amide bonds. The Hall–Kier alpha value is -2.60. The highest BCUT2D eigenvalue weighted by molar-refractivity contribution is 5.94. The third kappa shape index (κ3) is 5.26. The normalized spacial score (nSPS) is 20.4. The summed E-state index contributed by atoms with van der Waals surface area (Å²) in [6.07, 6.45) is 8.77. The number of benzene rings is 1. The van der Waals surface area contributed by atoms with E-state index in [0.717, 1.165) is 74.8 Å². The van der Waals surface area contributed by atoms with Crippen LogP contribution in [0, 0.1) is 6.92 Å². The molecule has 1 saturated heterocycles. The van der Waals surface area contributed by atoms with Crippen LogP contribution in [0.25, 0.3) is 0 Å². The summed E-state index contributed by atoms with van der Waals surface area (Å²) >= 11 is 0. The Bertz CT molecular complexity index is 843. The van der Waals surface area contributed by atoms with Crippen molar-refractivity contribution in [2.75, 3.05) is 26.2 Å². The SMILES string of the molecule is Cc1cc(CN2CCCN(C(=O)c3ccc(OC4C=CCCC4)cc3)CC2)no1. The van der Waals surface area contributed by atoms with Crippen molar-refractivity contribution < 1.29 is 14.1 Å². The molecular formula is C23H29N3O3. The second kappa shape index (κ2) is 9.27. The number of hydrogen-bond donors (Lipinski definition) is 0. The van der Waals surface area contributed by atoms with Crippen LogP contribution in [0.2, 0.25) is 0 Å². The van der Waals surface area contributed by atoms with Gasteiger partial charge in [-0.05, 0) is 62.9 Å². The van der Waals surface area contributed by atoms with Crippen LogP contribution < -0.4 is 4.74 Å². The lowest BCUT2D eigenvalue weighted by Crippen LogP contribution is -2.35. The molecule has 2 aliphatic rings. The fourth-order valence-electron chi connectivity index (χ4n) is 3.97. The van der Waals surface area contributed by atoms with E-state index in [1.165, 1.54) is 6.42 Å². The van der Waals surface area contributed by atoms with Crippen LogP contribution in [0.4, 0.5) is 0 Å². The van der Waals surface area contributed by atoms with Crippen molar-refractivity contribution in [2.24, 2.45) is 0 Å².